The molecule has 3 aromatic carbocycles. The Labute approximate surface area is 174 Å². The lowest BCUT2D eigenvalue weighted by molar-refractivity contribution is 0.348. The summed E-state index contributed by atoms with van der Waals surface area (Å²) < 4.78 is 0. The van der Waals surface area contributed by atoms with Crippen molar-refractivity contribution in [3.05, 3.63) is 93.5 Å². The maximum Gasteiger partial charge on any atom is 0.122 e. The van der Waals surface area contributed by atoms with Crippen LogP contribution >= 0.6 is 11.6 Å². The average molecular weight is 404 g/mol. The zero-order chi connectivity index (χ0) is 20.1. The molecule has 29 heavy (non-hydrogen) atoms. The number of aromatic hydroxyl groups is 1. The van der Waals surface area contributed by atoms with Gasteiger partial charge in [0.1, 0.15) is 11.6 Å². The van der Waals surface area contributed by atoms with Gasteiger partial charge < -0.3 is 16.2 Å². The van der Waals surface area contributed by atoms with Gasteiger partial charge in [-0.25, -0.2) is 0 Å². The van der Waals surface area contributed by atoms with Gasteiger partial charge in [0.05, 0.1) is 6.04 Å². The monoisotopic (exact) mass is 403 g/mol. The van der Waals surface area contributed by atoms with Gasteiger partial charge in [-0.05, 0) is 71.3 Å². The van der Waals surface area contributed by atoms with E-state index in [0.717, 1.165) is 29.7 Å². The van der Waals surface area contributed by atoms with Crippen molar-refractivity contribution >= 4 is 23.1 Å². The molecule has 4 nitrogen and oxygen atoms in total. The number of nitrogen functional groups attached to an aromatic ring is 1. The van der Waals surface area contributed by atoms with E-state index in [2.05, 4.69) is 35.6 Å². The zero-order valence-corrected chi connectivity index (χ0v) is 16.6. The fraction of sp³-hybridized carbons (Fsp3) is 0.208. The second-order valence-electron chi connectivity index (χ2n) is 7.92. The SMILES string of the molecule is N=C(N)c1ccc2c(c1)[C@@H]1c3ccccc3CC[C@H]1[C@H](c1ccc(O)cc1Cl)N2. The van der Waals surface area contributed by atoms with Crippen molar-refractivity contribution in [3.63, 3.8) is 0 Å². The molecule has 0 saturated heterocycles. The van der Waals surface area contributed by atoms with E-state index >= 15 is 0 Å². The molecule has 3 aromatic rings. The average Bonchev–Trinajstić information content (AvgIpc) is 2.72. The fourth-order valence-corrected chi connectivity index (χ4v) is 5.30. The van der Waals surface area contributed by atoms with E-state index in [0.29, 0.717) is 10.9 Å². The Balaban J connectivity index is 1.71. The van der Waals surface area contributed by atoms with Crippen molar-refractivity contribution in [2.75, 3.05) is 5.32 Å². The molecule has 2 aliphatic rings. The van der Waals surface area contributed by atoms with Crippen LogP contribution < -0.4 is 11.1 Å². The lowest BCUT2D eigenvalue weighted by atomic mass is 9.65. The Morgan fingerprint density at radius 3 is 2.66 bits per heavy atom. The Bertz CT molecular complexity index is 1130. The minimum absolute atomic E-state index is 0.0390. The highest BCUT2D eigenvalue weighted by molar-refractivity contribution is 6.31. The van der Waals surface area contributed by atoms with Crippen LogP contribution in [-0.4, -0.2) is 10.9 Å². The molecule has 0 amide bonds. The van der Waals surface area contributed by atoms with E-state index < -0.39 is 0 Å². The summed E-state index contributed by atoms with van der Waals surface area (Å²) >= 11 is 6.54. The van der Waals surface area contributed by atoms with Crippen molar-refractivity contribution in [2.24, 2.45) is 11.7 Å². The first-order valence-electron chi connectivity index (χ1n) is 9.84. The second-order valence-corrected chi connectivity index (χ2v) is 8.33. The number of hydrogen-bond donors (Lipinski definition) is 4. The summed E-state index contributed by atoms with van der Waals surface area (Å²) in [6.07, 6.45) is 2.05. The third-order valence-electron chi connectivity index (χ3n) is 6.32. The molecule has 0 radical (unpaired) electrons. The van der Waals surface area contributed by atoms with Gasteiger partial charge in [-0.2, -0.15) is 0 Å². The molecule has 5 N–H and O–H groups in total. The van der Waals surface area contributed by atoms with E-state index in [-0.39, 0.29) is 23.5 Å². The van der Waals surface area contributed by atoms with Crippen LogP contribution in [0.15, 0.2) is 60.7 Å². The third kappa shape index (κ3) is 2.95. The van der Waals surface area contributed by atoms with Crippen molar-refractivity contribution in [2.45, 2.75) is 24.8 Å². The van der Waals surface area contributed by atoms with Crippen molar-refractivity contribution in [1.82, 2.24) is 0 Å². The fourth-order valence-electron chi connectivity index (χ4n) is 5.01. The molecule has 0 spiro atoms. The number of nitrogens with two attached hydrogens (primary N) is 1. The summed E-state index contributed by atoms with van der Waals surface area (Å²) in [5, 5.41) is 21.9. The van der Waals surface area contributed by atoms with Crippen LogP contribution in [0.25, 0.3) is 0 Å². The molecular weight excluding hydrogens is 382 g/mol. The Kier molecular flexibility index (Phi) is 4.25. The van der Waals surface area contributed by atoms with Gasteiger partial charge in [0.15, 0.2) is 0 Å². The van der Waals surface area contributed by atoms with Crippen molar-refractivity contribution in [3.8, 4) is 5.75 Å². The summed E-state index contributed by atoms with van der Waals surface area (Å²) in [5.41, 5.74) is 12.5. The first kappa shape index (κ1) is 18.1. The van der Waals surface area contributed by atoms with Crippen LogP contribution in [-0.2, 0) is 6.42 Å². The highest BCUT2D eigenvalue weighted by Gasteiger charge is 2.41. The molecule has 1 aliphatic carbocycles. The minimum Gasteiger partial charge on any atom is -0.508 e. The number of hydrogen-bond acceptors (Lipinski definition) is 3. The maximum absolute atomic E-state index is 9.80. The largest absolute Gasteiger partial charge is 0.508 e. The molecule has 1 aliphatic heterocycles. The number of benzene rings is 3. The van der Waals surface area contributed by atoms with Crippen LogP contribution in [0.1, 0.15) is 46.2 Å². The smallest absolute Gasteiger partial charge is 0.122 e. The Hall–Kier alpha value is -2.98. The van der Waals surface area contributed by atoms with Crippen LogP contribution in [0.5, 0.6) is 5.75 Å². The topological polar surface area (TPSA) is 82.1 Å². The highest BCUT2D eigenvalue weighted by atomic mass is 35.5. The van der Waals surface area contributed by atoms with Gasteiger partial charge in [-0.1, -0.05) is 41.9 Å². The summed E-state index contributed by atoms with van der Waals surface area (Å²) in [5.74, 6) is 0.760. The first-order valence-corrected chi connectivity index (χ1v) is 10.2. The van der Waals surface area contributed by atoms with E-state index in [1.165, 1.54) is 16.7 Å². The van der Waals surface area contributed by atoms with Gasteiger partial charge in [0.25, 0.3) is 0 Å². The van der Waals surface area contributed by atoms with E-state index in [1.54, 1.807) is 12.1 Å². The first-order chi connectivity index (χ1) is 14.0. The van der Waals surface area contributed by atoms with Crippen LogP contribution in [0, 0.1) is 11.3 Å². The standard InChI is InChI=1S/C24H22ClN3O/c25-20-12-15(29)7-9-17(20)23-18-8-5-13-3-1-2-4-16(13)22(18)19-11-14(24(26)27)6-10-21(19)28-23/h1-4,6-7,9-12,18,22-23,28-29H,5,8H2,(H3,26,27)/t18-,22-,23+/m1/s1. The molecule has 0 unspecified atom stereocenters. The van der Waals surface area contributed by atoms with Gasteiger partial charge in [-0.15, -0.1) is 0 Å². The number of phenols is 1. The van der Waals surface area contributed by atoms with Gasteiger partial charge in [-0.3, -0.25) is 5.41 Å². The van der Waals surface area contributed by atoms with Crippen molar-refractivity contribution < 1.29 is 5.11 Å². The minimum atomic E-state index is 0.0390. The van der Waals surface area contributed by atoms with Gasteiger partial charge in [0.2, 0.25) is 0 Å². The molecule has 0 aromatic heterocycles. The summed E-state index contributed by atoms with van der Waals surface area (Å²) in [4.78, 5) is 0. The number of phenolic OH excluding ortho intramolecular Hbond substituents is 1. The maximum atomic E-state index is 9.80. The molecule has 5 heteroatoms. The van der Waals surface area contributed by atoms with Crippen LogP contribution in [0.4, 0.5) is 5.69 Å². The van der Waals surface area contributed by atoms with Crippen LogP contribution in [0.2, 0.25) is 5.02 Å². The molecular formula is C24H22ClN3O. The third-order valence-corrected chi connectivity index (χ3v) is 6.65. The number of halogens is 1. The normalized spacial score (nSPS) is 22.0. The van der Waals surface area contributed by atoms with Gasteiger partial charge >= 0.3 is 0 Å². The number of nitrogens with one attached hydrogen (secondary N) is 2. The molecule has 0 bridgehead atoms. The highest BCUT2D eigenvalue weighted by Crippen LogP contribution is 2.53. The van der Waals surface area contributed by atoms with Crippen LogP contribution in [0.3, 0.4) is 0 Å². The van der Waals surface area contributed by atoms with E-state index in [9.17, 15) is 5.11 Å². The molecule has 3 atom stereocenters. The predicted molar refractivity (Wildman–Crippen MR) is 117 cm³/mol. The Morgan fingerprint density at radius 1 is 1.03 bits per heavy atom. The summed E-state index contributed by atoms with van der Waals surface area (Å²) in [7, 11) is 0. The second kappa shape index (κ2) is 6.82. The summed E-state index contributed by atoms with van der Waals surface area (Å²) in [6, 6.07) is 19.9. The lowest BCUT2D eigenvalue weighted by Crippen LogP contribution is -2.35. The predicted octanol–water partition coefficient (Wildman–Crippen LogP) is 5.19. The number of rotatable bonds is 2. The van der Waals surface area contributed by atoms with Crippen molar-refractivity contribution in [1.29, 1.82) is 5.41 Å². The zero-order valence-electron chi connectivity index (χ0n) is 15.8. The molecule has 5 rings (SSSR count). The number of anilines is 1. The molecule has 146 valence electrons. The summed E-state index contributed by atoms with van der Waals surface area (Å²) in [6.45, 7) is 0. The lowest BCUT2D eigenvalue weighted by Gasteiger charge is -2.45. The number of fused-ring (bicyclic) bond motifs is 5. The molecule has 0 saturated carbocycles. The van der Waals surface area contributed by atoms with Gasteiger partial charge in [0, 0.05) is 22.2 Å². The Morgan fingerprint density at radius 2 is 1.86 bits per heavy atom. The van der Waals surface area contributed by atoms with E-state index in [4.69, 9.17) is 22.7 Å². The molecule has 1 heterocycles. The number of amidine groups is 1. The quantitative estimate of drug-likeness (QED) is 0.351. The molecule has 0 fully saturated rings. The number of aryl methyl sites for hydroxylation is 1. The van der Waals surface area contributed by atoms with E-state index in [1.807, 2.05) is 18.2 Å².